The molecule has 2 aromatic rings. The van der Waals surface area contributed by atoms with Gasteiger partial charge in [0.05, 0.1) is 5.69 Å². The Morgan fingerprint density at radius 1 is 1.26 bits per heavy atom. The van der Waals surface area contributed by atoms with Gasteiger partial charge in [-0.3, -0.25) is 4.68 Å². The van der Waals surface area contributed by atoms with Crippen LogP contribution in [-0.2, 0) is 13.5 Å². The minimum absolute atomic E-state index is 0.576. The summed E-state index contributed by atoms with van der Waals surface area (Å²) in [4.78, 5) is 4.79. The molecule has 0 aromatic carbocycles. The molecular formula is C14H21ClN4. The lowest BCUT2D eigenvalue weighted by Gasteiger charge is -2.25. The first-order valence-electron chi connectivity index (χ1n) is 7.18. The largest absolute Gasteiger partial charge is 0.310 e. The normalized spacial score (nSPS) is 17.4. The van der Waals surface area contributed by atoms with E-state index in [1.165, 1.54) is 37.8 Å². The van der Waals surface area contributed by atoms with Gasteiger partial charge in [-0.2, -0.15) is 5.10 Å². The van der Waals surface area contributed by atoms with E-state index >= 15 is 0 Å². The summed E-state index contributed by atoms with van der Waals surface area (Å²) < 4.78 is 4.39. The number of fused-ring (bicyclic) bond motifs is 1. The molecule has 0 spiro atoms. The third-order valence-corrected chi connectivity index (χ3v) is 4.36. The van der Waals surface area contributed by atoms with Crippen molar-refractivity contribution in [3.63, 3.8) is 0 Å². The van der Waals surface area contributed by atoms with Crippen molar-refractivity contribution in [3.05, 3.63) is 11.5 Å². The van der Waals surface area contributed by atoms with Crippen LogP contribution in [0.1, 0.15) is 49.7 Å². The Balaban J connectivity index is 2.14. The maximum Gasteiger partial charge on any atom is 0.158 e. The van der Waals surface area contributed by atoms with Gasteiger partial charge in [0.1, 0.15) is 11.3 Å². The smallest absolute Gasteiger partial charge is 0.158 e. The van der Waals surface area contributed by atoms with E-state index in [2.05, 4.69) is 9.67 Å². The monoisotopic (exact) mass is 280 g/mol. The van der Waals surface area contributed by atoms with Crippen molar-refractivity contribution < 1.29 is 0 Å². The second-order valence-corrected chi connectivity index (χ2v) is 5.89. The standard InChI is InChI=1S/C14H21ClN4/c1-10-13-14(18(2)17-10)19(12(16-13)8-9-15)11-6-4-3-5-7-11/h11H,3-9H2,1-2H3. The predicted molar refractivity (Wildman–Crippen MR) is 77.8 cm³/mol. The number of nitrogens with zero attached hydrogens (tertiary/aromatic N) is 4. The van der Waals surface area contributed by atoms with Crippen LogP contribution in [0.15, 0.2) is 0 Å². The lowest BCUT2D eigenvalue weighted by molar-refractivity contribution is 0.349. The molecule has 0 saturated heterocycles. The van der Waals surface area contributed by atoms with Crippen molar-refractivity contribution in [2.45, 2.75) is 51.5 Å². The molecule has 5 heteroatoms. The summed E-state index contributed by atoms with van der Waals surface area (Å²) in [6, 6.07) is 0.576. The van der Waals surface area contributed by atoms with Crippen molar-refractivity contribution in [2.75, 3.05) is 5.88 Å². The first-order valence-corrected chi connectivity index (χ1v) is 7.72. The lowest BCUT2D eigenvalue weighted by Crippen LogP contribution is -2.17. The van der Waals surface area contributed by atoms with Gasteiger partial charge in [-0.05, 0) is 19.8 Å². The molecule has 0 aliphatic heterocycles. The van der Waals surface area contributed by atoms with Crippen LogP contribution < -0.4 is 0 Å². The van der Waals surface area contributed by atoms with Crippen molar-refractivity contribution in [1.82, 2.24) is 19.3 Å². The Morgan fingerprint density at radius 2 is 2.00 bits per heavy atom. The molecule has 4 nitrogen and oxygen atoms in total. The summed E-state index contributed by atoms with van der Waals surface area (Å²) in [5, 5.41) is 4.51. The third kappa shape index (κ3) is 2.16. The van der Waals surface area contributed by atoms with E-state index in [1.54, 1.807) is 0 Å². The van der Waals surface area contributed by atoms with Gasteiger partial charge in [-0.1, -0.05) is 19.3 Å². The fourth-order valence-corrected chi connectivity index (χ4v) is 3.49. The predicted octanol–water partition coefficient (Wildman–Crippen LogP) is 3.36. The van der Waals surface area contributed by atoms with Gasteiger partial charge < -0.3 is 4.57 Å². The van der Waals surface area contributed by atoms with Gasteiger partial charge in [0.25, 0.3) is 0 Å². The van der Waals surface area contributed by atoms with E-state index in [4.69, 9.17) is 16.6 Å². The van der Waals surface area contributed by atoms with Crippen LogP contribution in [-0.4, -0.2) is 25.2 Å². The highest BCUT2D eigenvalue weighted by atomic mass is 35.5. The molecule has 2 heterocycles. The van der Waals surface area contributed by atoms with E-state index in [1.807, 2.05) is 18.7 Å². The molecule has 104 valence electrons. The highest BCUT2D eigenvalue weighted by Gasteiger charge is 2.24. The van der Waals surface area contributed by atoms with Crippen molar-refractivity contribution in [3.8, 4) is 0 Å². The molecule has 0 amide bonds. The highest BCUT2D eigenvalue weighted by Crippen LogP contribution is 2.33. The molecule has 1 aliphatic rings. The molecule has 0 unspecified atom stereocenters. The Bertz CT molecular complexity index is 578. The zero-order chi connectivity index (χ0) is 13.4. The Kier molecular flexibility index (Phi) is 3.52. The molecule has 1 saturated carbocycles. The second-order valence-electron chi connectivity index (χ2n) is 5.51. The van der Waals surface area contributed by atoms with Gasteiger partial charge in [0.2, 0.25) is 0 Å². The van der Waals surface area contributed by atoms with Gasteiger partial charge in [-0.15, -0.1) is 11.6 Å². The summed E-state index contributed by atoms with van der Waals surface area (Å²) in [6.07, 6.45) is 7.36. The molecule has 19 heavy (non-hydrogen) atoms. The SMILES string of the molecule is Cc1nn(C)c2c1nc(CCCl)n2C1CCCCC1. The molecule has 1 aliphatic carbocycles. The van der Waals surface area contributed by atoms with E-state index in [-0.39, 0.29) is 0 Å². The topological polar surface area (TPSA) is 35.6 Å². The minimum atomic E-state index is 0.576. The maximum atomic E-state index is 5.95. The first kappa shape index (κ1) is 13.0. The Hall–Kier alpha value is -1.03. The molecule has 3 rings (SSSR count). The molecule has 0 radical (unpaired) electrons. The van der Waals surface area contributed by atoms with Crippen LogP contribution in [0.2, 0.25) is 0 Å². The van der Waals surface area contributed by atoms with Crippen LogP contribution in [0.5, 0.6) is 0 Å². The van der Waals surface area contributed by atoms with Crippen LogP contribution >= 0.6 is 11.6 Å². The maximum absolute atomic E-state index is 5.95. The number of aromatic nitrogens is 4. The number of aryl methyl sites for hydroxylation is 3. The van der Waals surface area contributed by atoms with E-state index < -0.39 is 0 Å². The first-order chi connectivity index (χ1) is 9.22. The molecule has 2 aromatic heterocycles. The third-order valence-electron chi connectivity index (χ3n) is 4.17. The average Bonchev–Trinajstić information content (AvgIpc) is 2.91. The number of hydrogen-bond donors (Lipinski definition) is 0. The molecule has 0 bridgehead atoms. The minimum Gasteiger partial charge on any atom is -0.310 e. The zero-order valence-corrected chi connectivity index (χ0v) is 12.4. The summed E-state index contributed by atoms with van der Waals surface area (Å²) in [6.45, 7) is 2.03. The Morgan fingerprint density at radius 3 is 2.68 bits per heavy atom. The number of halogens is 1. The zero-order valence-electron chi connectivity index (χ0n) is 11.7. The number of imidazole rings is 1. The number of hydrogen-bond acceptors (Lipinski definition) is 2. The highest BCUT2D eigenvalue weighted by molar-refractivity contribution is 6.17. The molecule has 0 N–H and O–H groups in total. The van der Waals surface area contributed by atoms with E-state index in [9.17, 15) is 0 Å². The van der Waals surface area contributed by atoms with Gasteiger partial charge in [-0.25, -0.2) is 4.98 Å². The summed E-state index contributed by atoms with van der Waals surface area (Å²) in [5.41, 5.74) is 3.24. The molecular weight excluding hydrogens is 260 g/mol. The van der Waals surface area contributed by atoms with Gasteiger partial charge in [0, 0.05) is 25.4 Å². The summed E-state index contributed by atoms with van der Waals surface area (Å²) in [7, 11) is 2.01. The van der Waals surface area contributed by atoms with Crippen LogP contribution in [0, 0.1) is 6.92 Å². The van der Waals surface area contributed by atoms with E-state index in [0.29, 0.717) is 11.9 Å². The van der Waals surface area contributed by atoms with Crippen molar-refractivity contribution >= 4 is 22.8 Å². The molecule has 1 fully saturated rings. The van der Waals surface area contributed by atoms with Gasteiger partial charge in [0.15, 0.2) is 5.65 Å². The quantitative estimate of drug-likeness (QED) is 0.808. The Labute approximate surface area is 118 Å². The van der Waals surface area contributed by atoms with E-state index in [0.717, 1.165) is 23.5 Å². The summed E-state index contributed by atoms with van der Waals surface area (Å²) >= 11 is 5.95. The fraction of sp³-hybridized carbons (Fsp3) is 0.714. The van der Waals surface area contributed by atoms with Gasteiger partial charge >= 0.3 is 0 Å². The van der Waals surface area contributed by atoms with Crippen LogP contribution in [0.25, 0.3) is 11.2 Å². The molecule has 0 atom stereocenters. The average molecular weight is 281 g/mol. The van der Waals surface area contributed by atoms with Crippen LogP contribution in [0.4, 0.5) is 0 Å². The second kappa shape index (κ2) is 5.16. The van der Waals surface area contributed by atoms with Crippen molar-refractivity contribution in [1.29, 1.82) is 0 Å². The van der Waals surface area contributed by atoms with Crippen LogP contribution in [0.3, 0.4) is 0 Å². The summed E-state index contributed by atoms with van der Waals surface area (Å²) in [5.74, 6) is 1.76. The number of alkyl halides is 1. The number of rotatable bonds is 3. The lowest BCUT2D eigenvalue weighted by atomic mass is 9.95. The fourth-order valence-electron chi connectivity index (χ4n) is 3.32. The van der Waals surface area contributed by atoms with Crippen molar-refractivity contribution in [2.24, 2.45) is 7.05 Å².